The van der Waals surface area contributed by atoms with Gasteiger partial charge in [-0.25, -0.2) is 0 Å². The fourth-order valence-electron chi connectivity index (χ4n) is 3.12. The zero-order valence-corrected chi connectivity index (χ0v) is 18.0. The van der Waals surface area contributed by atoms with Gasteiger partial charge in [-0.15, -0.1) is 0 Å². The van der Waals surface area contributed by atoms with E-state index in [1.54, 1.807) is 14.0 Å². The van der Waals surface area contributed by atoms with E-state index < -0.39 is 6.04 Å². The Balaban J connectivity index is 1.77. The standard InChI is InChI=1S/C23H23BrN2O3/c1-16(23(28)25-2)26(14-17-8-4-3-5-9-17)21(27)15-29-20-13-12-18-10-6-7-11-19(18)22(20)24/h3-13,16H,14-15H2,1-2H3,(H,25,28). The second kappa shape index (κ2) is 9.56. The molecule has 0 saturated carbocycles. The summed E-state index contributed by atoms with van der Waals surface area (Å²) < 4.78 is 6.62. The van der Waals surface area contributed by atoms with Crippen LogP contribution < -0.4 is 10.1 Å². The average Bonchev–Trinajstić information content (AvgIpc) is 2.76. The van der Waals surface area contributed by atoms with Gasteiger partial charge in [-0.2, -0.15) is 0 Å². The van der Waals surface area contributed by atoms with Crippen LogP contribution in [-0.4, -0.2) is 36.4 Å². The number of carbonyl (C=O) groups excluding carboxylic acids is 2. The highest BCUT2D eigenvalue weighted by atomic mass is 79.9. The van der Waals surface area contributed by atoms with Crippen molar-refractivity contribution in [2.24, 2.45) is 0 Å². The zero-order chi connectivity index (χ0) is 20.8. The lowest BCUT2D eigenvalue weighted by atomic mass is 10.1. The van der Waals surface area contributed by atoms with E-state index in [-0.39, 0.29) is 18.4 Å². The van der Waals surface area contributed by atoms with Gasteiger partial charge in [0.15, 0.2) is 6.61 Å². The van der Waals surface area contributed by atoms with Gasteiger partial charge in [-0.3, -0.25) is 9.59 Å². The summed E-state index contributed by atoms with van der Waals surface area (Å²) >= 11 is 3.57. The molecule has 0 aliphatic carbocycles. The van der Waals surface area contributed by atoms with Crippen LogP contribution in [0.2, 0.25) is 0 Å². The lowest BCUT2D eigenvalue weighted by molar-refractivity contribution is -0.142. The lowest BCUT2D eigenvalue weighted by Gasteiger charge is -2.28. The third-order valence-corrected chi connectivity index (χ3v) is 5.61. The maximum Gasteiger partial charge on any atom is 0.261 e. The van der Waals surface area contributed by atoms with E-state index in [0.29, 0.717) is 12.3 Å². The predicted molar refractivity (Wildman–Crippen MR) is 118 cm³/mol. The Morgan fingerprint density at radius 1 is 1.03 bits per heavy atom. The summed E-state index contributed by atoms with van der Waals surface area (Å²) in [5, 5.41) is 4.70. The molecule has 0 saturated heterocycles. The topological polar surface area (TPSA) is 58.6 Å². The number of amides is 2. The molecule has 29 heavy (non-hydrogen) atoms. The van der Waals surface area contributed by atoms with Gasteiger partial charge in [0.25, 0.3) is 5.91 Å². The molecule has 0 bridgehead atoms. The van der Waals surface area contributed by atoms with Crippen molar-refractivity contribution in [3.8, 4) is 5.75 Å². The number of benzene rings is 3. The molecule has 2 amide bonds. The van der Waals surface area contributed by atoms with Gasteiger partial charge in [0.05, 0.1) is 4.47 Å². The molecule has 3 rings (SSSR count). The van der Waals surface area contributed by atoms with Gasteiger partial charge in [0.1, 0.15) is 11.8 Å². The highest BCUT2D eigenvalue weighted by Crippen LogP contribution is 2.33. The van der Waals surface area contributed by atoms with Crippen molar-refractivity contribution in [3.05, 3.63) is 76.8 Å². The summed E-state index contributed by atoms with van der Waals surface area (Å²) in [6, 6.07) is 20.7. The average molecular weight is 455 g/mol. The van der Waals surface area contributed by atoms with Crippen LogP contribution in [0.5, 0.6) is 5.75 Å². The zero-order valence-electron chi connectivity index (χ0n) is 16.4. The smallest absolute Gasteiger partial charge is 0.261 e. The van der Waals surface area contributed by atoms with E-state index in [9.17, 15) is 9.59 Å². The van der Waals surface area contributed by atoms with Gasteiger partial charge in [0, 0.05) is 13.6 Å². The van der Waals surface area contributed by atoms with Gasteiger partial charge < -0.3 is 15.0 Å². The van der Waals surface area contributed by atoms with Crippen molar-refractivity contribution < 1.29 is 14.3 Å². The van der Waals surface area contributed by atoms with E-state index in [4.69, 9.17) is 4.74 Å². The van der Waals surface area contributed by atoms with Crippen molar-refractivity contribution in [2.75, 3.05) is 13.7 Å². The number of nitrogens with zero attached hydrogens (tertiary/aromatic N) is 1. The number of ether oxygens (including phenoxy) is 1. The van der Waals surface area contributed by atoms with Crippen molar-refractivity contribution in [1.29, 1.82) is 0 Å². The Kier molecular flexibility index (Phi) is 6.88. The Bertz CT molecular complexity index is 1010. The molecule has 0 aliphatic rings. The molecule has 0 aromatic heterocycles. The molecule has 0 aliphatic heterocycles. The predicted octanol–water partition coefficient (Wildman–Crippen LogP) is 4.14. The number of fused-ring (bicyclic) bond motifs is 1. The summed E-state index contributed by atoms with van der Waals surface area (Å²) in [6.45, 7) is 1.88. The maximum absolute atomic E-state index is 13.0. The maximum atomic E-state index is 13.0. The minimum Gasteiger partial charge on any atom is -0.483 e. The molecule has 3 aromatic rings. The minimum absolute atomic E-state index is 0.162. The Hall–Kier alpha value is -2.86. The van der Waals surface area contributed by atoms with Gasteiger partial charge >= 0.3 is 0 Å². The van der Waals surface area contributed by atoms with E-state index in [1.165, 1.54) is 4.90 Å². The highest BCUT2D eigenvalue weighted by molar-refractivity contribution is 9.10. The first-order valence-corrected chi connectivity index (χ1v) is 10.2. The number of likely N-dealkylation sites (N-methyl/N-ethyl adjacent to an activating group) is 1. The van der Waals surface area contributed by atoms with Crippen LogP contribution in [0.25, 0.3) is 10.8 Å². The third-order valence-electron chi connectivity index (χ3n) is 4.79. The van der Waals surface area contributed by atoms with Crippen LogP contribution in [0.3, 0.4) is 0 Å². The highest BCUT2D eigenvalue weighted by Gasteiger charge is 2.26. The van der Waals surface area contributed by atoms with Gasteiger partial charge in [0.2, 0.25) is 5.91 Å². The summed E-state index contributed by atoms with van der Waals surface area (Å²) in [6.07, 6.45) is 0. The van der Waals surface area contributed by atoms with Crippen LogP contribution in [0.15, 0.2) is 71.2 Å². The summed E-state index contributed by atoms with van der Waals surface area (Å²) in [5.41, 5.74) is 0.948. The molecule has 150 valence electrons. The SMILES string of the molecule is CNC(=O)C(C)N(Cc1ccccc1)C(=O)COc1ccc2ccccc2c1Br. The number of carbonyl (C=O) groups is 2. The Labute approximate surface area is 178 Å². The number of nitrogens with one attached hydrogen (secondary N) is 1. The molecular formula is C23H23BrN2O3. The minimum atomic E-state index is -0.614. The largest absolute Gasteiger partial charge is 0.483 e. The lowest BCUT2D eigenvalue weighted by Crippen LogP contribution is -2.48. The molecule has 0 spiro atoms. The molecule has 3 aromatic carbocycles. The monoisotopic (exact) mass is 454 g/mol. The van der Waals surface area contributed by atoms with E-state index >= 15 is 0 Å². The fourth-order valence-corrected chi connectivity index (χ4v) is 3.73. The molecule has 0 radical (unpaired) electrons. The summed E-state index contributed by atoms with van der Waals surface area (Å²) in [5.74, 6) is 0.107. The van der Waals surface area contributed by atoms with Crippen molar-refractivity contribution in [2.45, 2.75) is 19.5 Å². The third kappa shape index (κ3) is 4.95. The first-order chi connectivity index (χ1) is 14.0. The molecular weight excluding hydrogens is 432 g/mol. The number of halogens is 1. The van der Waals surface area contributed by atoms with Crippen LogP contribution in [0, 0.1) is 0 Å². The van der Waals surface area contributed by atoms with E-state index in [2.05, 4.69) is 21.2 Å². The first kappa shape index (κ1) is 20.9. The van der Waals surface area contributed by atoms with Crippen molar-refractivity contribution in [3.63, 3.8) is 0 Å². The second-order valence-electron chi connectivity index (χ2n) is 6.68. The van der Waals surface area contributed by atoms with Gasteiger partial charge in [-0.1, -0.05) is 60.7 Å². The Morgan fingerprint density at radius 2 is 1.72 bits per heavy atom. The molecule has 1 unspecified atom stereocenters. The number of hydrogen-bond donors (Lipinski definition) is 1. The molecule has 0 fully saturated rings. The van der Waals surface area contributed by atoms with Crippen LogP contribution in [0.4, 0.5) is 0 Å². The quantitative estimate of drug-likeness (QED) is 0.583. The summed E-state index contributed by atoms with van der Waals surface area (Å²) in [7, 11) is 1.56. The summed E-state index contributed by atoms with van der Waals surface area (Å²) in [4.78, 5) is 26.7. The fraction of sp³-hybridized carbons (Fsp3) is 0.217. The molecule has 6 heteroatoms. The molecule has 5 nitrogen and oxygen atoms in total. The van der Waals surface area contributed by atoms with Crippen molar-refractivity contribution in [1.82, 2.24) is 10.2 Å². The van der Waals surface area contributed by atoms with E-state index in [0.717, 1.165) is 20.8 Å². The molecule has 1 atom stereocenters. The van der Waals surface area contributed by atoms with E-state index in [1.807, 2.05) is 66.7 Å². The molecule has 0 heterocycles. The Morgan fingerprint density at radius 3 is 2.45 bits per heavy atom. The van der Waals surface area contributed by atoms with Crippen molar-refractivity contribution >= 4 is 38.5 Å². The first-order valence-electron chi connectivity index (χ1n) is 9.36. The van der Waals surface area contributed by atoms with Gasteiger partial charge in [-0.05, 0) is 45.3 Å². The second-order valence-corrected chi connectivity index (χ2v) is 7.48. The van der Waals surface area contributed by atoms with Crippen LogP contribution >= 0.6 is 15.9 Å². The number of rotatable bonds is 7. The van der Waals surface area contributed by atoms with Crippen LogP contribution in [-0.2, 0) is 16.1 Å². The number of hydrogen-bond acceptors (Lipinski definition) is 3. The molecule has 1 N–H and O–H groups in total. The van der Waals surface area contributed by atoms with Crippen LogP contribution in [0.1, 0.15) is 12.5 Å². The normalized spacial score (nSPS) is 11.7.